The van der Waals surface area contributed by atoms with E-state index >= 15 is 0 Å². The molecule has 1 fully saturated rings. The second-order valence-corrected chi connectivity index (χ2v) is 7.84. The number of aliphatic imine (C=N–C) groups is 1. The van der Waals surface area contributed by atoms with Gasteiger partial charge in [-0.2, -0.15) is 0 Å². The van der Waals surface area contributed by atoms with Crippen molar-refractivity contribution in [3.05, 3.63) is 58.3 Å². The van der Waals surface area contributed by atoms with E-state index in [0.717, 1.165) is 5.69 Å². The minimum absolute atomic E-state index is 0.0641. The number of ketones is 1. The first kappa shape index (κ1) is 22.0. The third kappa shape index (κ3) is 5.24. The number of carbonyl (C=O) groups is 2. The van der Waals surface area contributed by atoms with E-state index in [2.05, 4.69) is 25.8 Å². The summed E-state index contributed by atoms with van der Waals surface area (Å²) in [6.07, 6.45) is 1.31. The van der Waals surface area contributed by atoms with Gasteiger partial charge in [0.25, 0.3) is 0 Å². The van der Waals surface area contributed by atoms with Crippen LogP contribution in [0.4, 0.5) is 15.8 Å². The maximum absolute atomic E-state index is 13.3. The molecular weight excluding hydrogens is 453 g/mol. The highest BCUT2D eigenvalue weighted by atomic mass is 79.9. The Hall–Kier alpha value is -2.74. The summed E-state index contributed by atoms with van der Waals surface area (Å²) >= 11 is 3.10. The summed E-state index contributed by atoms with van der Waals surface area (Å²) in [6, 6.07) is 11.5. The molecule has 0 aromatic heterocycles. The van der Waals surface area contributed by atoms with Crippen LogP contribution >= 0.6 is 15.9 Å². The third-order valence-electron chi connectivity index (χ3n) is 5.01. The Morgan fingerprint density at radius 1 is 1.20 bits per heavy atom. The number of nitrogens with zero attached hydrogens (tertiary/aromatic N) is 2. The van der Waals surface area contributed by atoms with Crippen molar-refractivity contribution in [1.82, 2.24) is 0 Å². The van der Waals surface area contributed by atoms with E-state index in [0.29, 0.717) is 43.8 Å². The van der Waals surface area contributed by atoms with Crippen LogP contribution in [0.1, 0.15) is 30.1 Å². The second-order valence-electron chi connectivity index (χ2n) is 6.99. The van der Waals surface area contributed by atoms with Crippen LogP contribution in [0.25, 0.3) is 0 Å². The van der Waals surface area contributed by atoms with E-state index in [-0.39, 0.29) is 28.0 Å². The number of carbonyl (C=O) groups excluding carboxylic acids is 2. The van der Waals surface area contributed by atoms with Gasteiger partial charge in [0.1, 0.15) is 5.82 Å². The van der Waals surface area contributed by atoms with Crippen molar-refractivity contribution in [2.45, 2.75) is 19.8 Å². The smallest absolute Gasteiger partial charge is 0.338 e. The van der Waals surface area contributed by atoms with Crippen LogP contribution in [0.5, 0.6) is 0 Å². The van der Waals surface area contributed by atoms with Gasteiger partial charge in [-0.15, -0.1) is 0 Å². The van der Waals surface area contributed by atoms with Crippen LogP contribution in [-0.4, -0.2) is 37.3 Å². The molecule has 0 spiro atoms. The van der Waals surface area contributed by atoms with Gasteiger partial charge in [0.15, 0.2) is 5.84 Å². The number of rotatable bonds is 6. The third-order valence-corrected chi connectivity index (χ3v) is 5.62. The fraction of sp³-hybridized carbons (Fsp3) is 0.318. The van der Waals surface area contributed by atoms with E-state index in [1.165, 1.54) is 18.2 Å². The lowest BCUT2D eigenvalue weighted by molar-refractivity contribution is -0.117. The number of nitrogens with two attached hydrogens (primary N) is 1. The zero-order valence-electron chi connectivity index (χ0n) is 16.6. The van der Waals surface area contributed by atoms with Crippen LogP contribution in [0.2, 0.25) is 0 Å². The molecule has 0 saturated carbocycles. The number of hydrogen-bond donors (Lipinski definition) is 1. The quantitative estimate of drug-likeness (QED) is 0.383. The van der Waals surface area contributed by atoms with Gasteiger partial charge in [-0.1, -0.05) is 0 Å². The summed E-state index contributed by atoms with van der Waals surface area (Å²) in [7, 11) is 0. The van der Waals surface area contributed by atoms with Gasteiger partial charge in [-0.05, 0) is 78.2 Å². The minimum atomic E-state index is -0.401. The first-order valence-corrected chi connectivity index (χ1v) is 10.5. The number of amidine groups is 1. The van der Waals surface area contributed by atoms with Crippen molar-refractivity contribution < 1.29 is 18.7 Å². The fourth-order valence-electron chi connectivity index (χ4n) is 3.38. The number of Topliss-reactive ketones (excluding diaryl/α,β-unsaturated/α-hetero) is 1. The normalized spacial score (nSPS) is 15.2. The van der Waals surface area contributed by atoms with Crippen LogP contribution < -0.4 is 10.6 Å². The van der Waals surface area contributed by atoms with Gasteiger partial charge < -0.3 is 15.4 Å². The maximum Gasteiger partial charge on any atom is 0.338 e. The predicted octanol–water partition coefficient (Wildman–Crippen LogP) is 4.24. The summed E-state index contributed by atoms with van der Waals surface area (Å²) in [5.41, 5.74) is 7.85. The van der Waals surface area contributed by atoms with E-state index in [9.17, 15) is 14.0 Å². The van der Waals surface area contributed by atoms with Crippen molar-refractivity contribution in [3.63, 3.8) is 0 Å². The molecule has 0 aliphatic carbocycles. The monoisotopic (exact) mass is 475 g/mol. The van der Waals surface area contributed by atoms with Crippen molar-refractivity contribution >= 4 is 44.9 Å². The number of halogens is 2. The van der Waals surface area contributed by atoms with Crippen LogP contribution in [0, 0.1) is 11.7 Å². The minimum Gasteiger partial charge on any atom is -0.462 e. The van der Waals surface area contributed by atoms with Gasteiger partial charge in [-0.25, -0.2) is 14.2 Å². The van der Waals surface area contributed by atoms with Crippen LogP contribution in [0.15, 0.2) is 51.9 Å². The Morgan fingerprint density at radius 2 is 1.87 bits per heavy atom. The van der Waals surface area contributed by atoms with Crippen LogP contribution in [-0.2, 0) is 9.53 Å². The van der Waals surface area contributed by atoms with E-state index < -0.39 is 5.82 Å². The number of benzene rings is 2. The number of anilines is 1. The highest BCUT2D eigenvalue weighted by Crippen LogP contribution is 2.26. The first-order chi connectivity index (χ1) is 14.4. The van der Waals surface area contributed by atoms with Gasteiger partial charge in [0.05, 0.1) is 22.3 Å². The lowest BCUT2D eigenvalue weighted by atomic mass is 9.91. The van der Waals surface area contributed by atoms with Gasteiger partial charge >= 0.3 is 5.97 Å². The Balaban J connectivity index is 1.59. The molecule has 0 radical (unpaired) electrons. The molecule has 2 aromatic rings. The van der Waals surface area contributed by atoms with Gasteiger partial charge in [0.2, 0.25) is 5.78 Å². The molecular formula is C22H23BrFN3O3. The molecule has 6 nitrogen and oxygen atoms in total. The van der Waals surface area contributed by atoms with E-state index in [1.807, 2.05) is 12.1 Å². The SMILES string of the molecule is CCOC(=O)c1ccc(N2CCC(C(=O)C(N)=Nc3ccc(F)c(Br)c3)CC2)cc1. The molecule has 1 heterocycles. The zero-order chi connectivity index (χ0) is 21.7. The van der Waals surface area contributed by atoms with Gasteiger partial charge in [0, 0.05) is 24.7 Å². The molecule has 2 N–H and O–H groups in total. The average Bonchev–Trinajstić information content (AvgIpc) is 2.76. The molecule has 0 unspecified atom stereocenters. The summed E-state index contributed by atoms with van der Waals surface area (Å²) in [5.74, 6) is -1.19. The molecule has 0 bridgehead atoms. The molecule has 30 heavy (non-hydrogen) atoms. The maximum atomic E-state index is 13.3. The highest BCUT2D eigenvalue weighted by molar-refractivity contribution is 9.10. The number of piperidine rings is 1. The molecule has 3 rings (SSSR count). The standard InChI is InChI=1S/C22H23BrFN3O3/c1-2-30-22(29)15-3-6-17(7-4-15)27-11-9-14(10-12-27)20(28)21(25)26-16-5-8-19(24)18(23)13-16/h3-8,13-14H,2,9-12H2,1H3,(H2,25,26). The Kier molecular flexibility index (Phi) is 7.20. The first-order valence-electron chi connectivity index (χ1n) is 9.74. The highest BCUT2D eigenvalue weighted by Gasteiger charge is 2.27. The van der Waals surface area contributed by atoms with Crippen molar-refractivity contribution in [2.24, 2.45) is 16.6 Å². The predicted molar refractivity (Wildman–Crippen MR) is 118 cm³/mol. The average molecular weight is 476 g/mol. The zero-order valence-corrected chi connectivity index (χ0v) is 18.2. The van der Waals surface area contributed by atoms with E-state index in [1.54, 1.807) is 19.1 Å². The topological polar surface area (TPSA) is 85.0 Å². The Morgan fingerprint density at radius 3 is 2.47 bits per heavy atom. The molecule has 0 atom stereocenters. The molecule has 8 heteroatoms. The summed E-state index contributed by atoms with van der Waals surface area (Å²) in [4.78, 5) is 30.7. The van der Waals surface area contributed by atoms with Gasteiger partial charge in [-0.3, -0.25) is 4.79 Å². The molecule has 1 aliphatic rings. The molecule has 2 aromatic carbocycles. The van der Waals surface area contributed by atoms with Crippen molar-refractivity contribution in [2.75, 3.05) is 24.6 Å². The molecule has 158 valence electrons. The summed E-state index contributed by atoms with van der Waals surface area (Å²) in [5, 5.41) is 0. The van der Waals surface area contributed by atoms with Crippen molar-refractivity contribution in [1.29, 1.82) is 0 Å². The lowest BCUT2D eigenvalue weighted by Gasteiger charge is -2.33. The van der Waals surface area contributed by atoms with Crippen LogP contribution in [0.3, 0.4) is 0 Å². The lowest BCUT2D eigenvalue weighted by Crippen LogP contribution is -2.40. The Bertz CT molecular complexity index is 955. The summed E-state index contributed by atoms with van der Waals surface area (Å²) < 4.78 is 18.6. The molecule has 0 amide bonds. The molecule has 1 saturated heterocycles. The number of hydrogen-bond acceptors (Lipinski definition) is 5. The Labute approximate surface area is 183 Å². The van der Waals surface area contributed by atoms with Crippen molar-refractivity contribution in [3.8, 4) is 0 Å². The second kappa shape index (κ2) is 9.84. The number of esters is 1. The molecule has 1 aliphatic heterocycles. The summed E-state index contributed by atoms with van der Waals surface area (Å²) in [6.45, 7) is 3.51. The largest absolute Gasteiger partial charge is 0.462 e. The number of ether oxygens (including phenoxy) is 1. The fourth-order valence-corrected chi connectivity index (χ4v) is 3.75. The van der Waals surface area contributed by atoms with E-state index in [4.69, 9.17) is 10.5 Å².